The molecule has 1 fully saturated rings. The Labute approximate surface area is 309 Å². The first-order chi connectivity index (χ1) is 25.0. The lowest BCUT2D eigenvalue weighted by molar-refractivity contribution is -0.384. The summed E-state index contributed by atoms with van der Waals surface area (Å²) in [6, 6.07) is 4.38. The normalized spacial score (nSPS) is 35.0. The van der Waals surface area contributed by atoms with E-state index in [9.17, 15) is 44.6 Å². The number of carbonyl (C=O) groups excluding carboxylic acids is 4. The number of non-ortho nitro benzene ring substituents is 1. The van der Waals surface area contributed by atoms with E-state index in [-0.39, 0.29) is 36.6 Å². The highest BCUT2D eigenvalue weighted by Gasteiger charge is 2.47. The van der Waals surface area contributed by atoms with Crippen LogP contribution >= 0.6 is 0 Å². The number of cyclic esters (lactones) is 1. The van der Waals surface area contributed by atoms with Crippen LogP contribution in [0.1, 0.15) is 53.9 Å². The molecule has 4 N–H and O–H groups in total. The van der Waals surface area contributed by atoms with E-state index in [4.69, 9.17) is 18.9 Å². The molecule has 294 valence electrons. The highest BCUT2D eigenvalue weighted by atomic mass is 16.7. The maximum atomic E-state index is 13.3. The number of anilines is 1. The number of benzene rings is 1. The fourth-order valence-electron chi connectivity index (χ4n) is 6.59. The Morgan fingerprint density at radius 3 is 2.34 bits per heavy atom. The molecule has 1 amide bonds. The summed E-state index contributed by atoms with van der Waals surface area (Å²) in [4.78, 5) is 63.9. The van der Waals surface area contributed by atoms with Gasteiger partial charge in [0, 0.05) is 41.5 Å². The van der Waals surface area contributed by atoms with Crippen molar-refractivity contribution in [3.8, 4) is 0 Å². The smallest absolute Gasteiger partial charge is 0.411 e. The van der Waals surface area contributed by atoms with Crippen molar-refractivity contribution in [2.75, 3.05) is 26.0 Å². The SMILES string of the molecule is CC[C@H]1OC(=O)C[C@@H](O)[C@H](C)[C@@H](O[C@@H]2O[C@H](C)[C@@H](O)[C@H](N(C)C)[C@H]2O)C(C=O)C[C@@H](C)C(=O)/C=C\C(C)=C\[C@@H]1COC(=O)Nc1ccc([N+](=O)[O-])cc1. The lowest BCUT2D eigenvalue weighted by Gasteiger charge is -2.46. The fourth-order valence-corrected chi connectivity index (χ4v) is 6.59. The Hall–Kier alpha value is -4.06. The number of aliphatic hydroxyl groups is 3. The minimum Gasteiger partial charge on any atom is -0.462 e. The number of amides is 1. The molecule has 0 aliphatic carbocycles. The van der Waals surface area contributed by atoms with Crippen LogP contribution in [0.4, 0.5) is 16.2 Å². The average Bonchev–Trinajstić information content (AvgIpc) is 3.10. The highest BCUT2D eigenvalue weighted by molar-refractivity contribution is 5.92. The minimum absolute atomic E-state index is 0.0119. The van der Waals surface area contributed by atoms with Crippen LogP contribution in [0.5, 0.6) is 0 Å². The van der Waals surface area contributed by atoms with E-state index in [1.165, 1.54) is 30.3 Å². The lowest BCUT2D eigenvalue weighted by atomic mass is 9.81. The maximum absolute atomic E-state index is 13.3. The second-order valence-corrected chi connectivity index (χ2v) is 14.1. The standard InChI is InChI=1S/C37H53N3O13/c1-8-30-25(19-50-37(47)38-26-10-12-27(13-11-26)40(48)49)15-20(2)9-14-28(42)21(3)16-24(18-41)35(22(4)29(43)17-31(44)52-30)53-36-34(46)32(39(6)7)33(45)23(5)51-36/h9-15,18,21-25,29-30,32-36,43,45-46H,8,16-17,19H2,1-7H3,(H,38,47)/b14-9-,20-15+/t21-,22+,23-,24?,25-,29-,30-,32+,33-,34-,35-,36+/m1/s1. The molecule has 1 aromatic carbocycles. The number of aldehydes is 1. The van der Waals surface area contributed by atoms with Crippen LogP contribution in [-0.2, 0) is 33.3 Å². The molecule has 2 aliphatic rings. The molecule has 16 heteroatoms. The van der Waals surface area contributed by atoms with Crippen molar-refractivity contribution >= 4 is 35.5 Å². The van der Waals surface area contributed by atoms with Crippen LogP contribution in [0, 0.1) is 33.8 Å². The summed E-state index contributed by atoms with van der Waals surface area (Å²) in [5, 5.41) is 46.7. The first kappa shape index (κ1) is 43.3. The van der Waals surface area contributed by atoms with Gasteiger partial charge in [0.15, 0.2) is 12.1 Å². The number of hydrogen-bond acceptors (Lipinski definition) is 14. The van der Waals surface area contributed by atoms with Crippen LogP contribution < -0.4 is 5.32 Å². The number of likely N-dealkylation sites (N-methyl/N-ethyl adjacent to an activating group) is 1. The maximum Gasteiger partial charge on any atom is 0.411 e. The lowest BCUT2D eigenvalue weighted by Crippen LogP contribution is -2.63. The molecule has 53 heavy (non-hydrogen) atoms. The molecule has 2 heterocycles. The minimum atomic E-state index is -1.40. The van der Waals surface area contributed by atoms with Crippen molar-refractivity contribution in [1.29, 1.82) is 0 Å². The van der Waals surface area contributed by atoms with Gasteiger partial charge in [-0.25, -0.2) is 4.79 Å². The summed E-state index contributed by atoms with van der Waals surface area (Å²) in [7, 11) is 3.36. The topological polar surface area (TPSA) is 224 Å². The molecule has 12 atom stereocenters. The number of hydrogen-bond donors (Lipinski definition) is 4. The molecule has 3 rings (SSSR count). The Morgan fingerprint density at radius 1 is 1.09 bits per heavy atom. The second kappa shape index (κ2) is 19.9. The number of nitrogens with zero attached hydrogens (tertiary/aromatic N) is 2. The predicted molar refractivity (Wildman–Crippen MR) is 191 cm³/mol. The highest BCUT2D eigenvalue weighted by Crippen LogP contribution is 2.32. The van der Waals surface area contributed by atoms with E-state index in [1.807, 2.05) is 0 Å². The summed E-state index contributed by atoms with van der Waals surface area (Å²) in [5.74, 6) is -4.31. The Kier molecular flexibility index (Phi) is 16.2. The molecular formula is C37H53N3O13. The molecule has 1 saturated heterocycles. The van der Waals surface area contributed by atoms with E-state index < -0.39 is 96.0 Å². The first-order valence-electron chi connectivity index (χ1n) is 17.7. The second-order valence-electron chi connectivity index (χ2n) is 14.1. The van der Waals surface area contributed by atoms with Crippen molar-refractivity contribution in [1.82, 2.24) is 4.90 Å². The van der Waals surface area contributed by atoms with E-state index in [0.717, 1.165) is 0 Å². The van der Waals surface area contributed by atoms with Crippen molar-refractivity contribution < 1.29 is 58.4 Å². The zero-order chi connectivity index (χ0) is 39.6. The van der Waals surface area contributed by atoms with Gasteiger partial charge in [0.25, 0.3) is 5.69 Å². The quantitative estimate of drug-likeness (QED) is 0.123. The molecule has 1 aromatic rings. The number of ether oxygens (including phenoxy) is 4. The van der Waals surface area contributed by atoms with Crippen molar-refractivity contribution in [3.05, 3.63) is 58.2 Å². The number of allylic oxidation sites excluding steroid dienone is 3. The predicted octanol–water partition coefficient (Wildman–Crippen LogP) is 3.18. The molecule has 0 radical (unpaired) electrons. The van der Waals surface area contributed by atoms with Crippen LogP contribution in [0.3, 0.4) is 0 Å². The summed E-state index contributed by atoms with van der Waals surface area (Å²) in [6.07, 6.45) is -3.65. The van der Waals surface area contributed by atoms with Crippen molar-refractivity contribution in [2.45, 2.75) is 103 Å². The third-order valence-corrected chi connectivity index (χ3v) is 9.79. The van der Waals surface area contributed by atoms with Crippen LogP contribution in [0.15, 0.2) is 48.1 Å². The third-order valence-electron chi connectivity index (χ3n) is 9.79. The van der Waals surface area contributed by atoms with Gasteiger partial charge in [-0.1, -0.05) is 38.5 Å². The largest absolute Gasteiger partial charge is 0.462 e. The average molecular weight is 748 g/mol. The van der Waals surface area contributed by atoms with Gasteiger partial charge in [-0.2, -0.15) is 0 Å². The number of nitro groups is 1. The summed E-state index contributed by atoms with van der Waals surface area (Å²) >= 11 is 0. The molecule has 1 unspecified atom stereocenters. The van der Waals surface area contributed by atoms with E-state index in [0.29, 0.717) is 11.9 Å². The molecule has 16 nitrogen and oxygen atoms in total. The van der Waals surface area contributed by atoms with Gasteiger partial charge >= 0.3 is 12.1 Å². The monoisotopic (exact) mass is 747 g/mol. The van der Waals surface area contributed by atoms with E-state index >= 15 is 0 Å². The Morgan fingerprint density at radius 2 is 1.75 bits per heavy atom. The van der Waals surface area contributed by atoms with Gasteiger partial charge in [-0.15, -0.1) is 0 Å². The summed E-state index contributed by atoms with van der Waals surface area (Å²) in [6.45, 7) is 8.08. The molecular weight excluding hydrogens is 694 g/mol. The zero-order valence-electron chi connectivity index (χ0n) is 31.2. The van der Waals surface area contributed by atoms with Gasteiger partial charge in [0.05, 0.1) is 41.8 Å². The molecule has 0 aromatic heterocycles. The molecule has 0 bridgehead atoms. The number of nitrogens with one attached hydrogen (secondary N) is 1. The molecule has 0 spiro atoms. The van der Waals surface area contributed by atoms with Crippen LogP contribution in [-0.4, -0.2) is 119 Å². The van der Waals surface area contributed by atoms with Crippen LogP contribution in [0.25, 0.3) is 0 Å². The fraction of sp³-hybridized carbons (Fsp3) is 0.622. The van der Waals surface area contributed by atoms with Gasteiger partial charge in [-0.05, 0) is 59.0 Å². The summed E-state index contributed by atoms with van der Waals surface area (Å²) < 4.78 is 23.4. The number of esters is 1. The number of nitro benzene ring substituents is 1. The van der Waals surface area contributed by atoms with E-state index in [2.05, 4.69) is 5.32 Å². The first-order valence-corrected chi connectivity index (χ1v) is 17.7. The van der Waals surface area contributed by atoms with Crippen LogP contribution in [0.2, 0.25) is 0 Å². The van der Waals surface area contributed by atoms with Gasteiger partial charge in [0.1, 0.15) is 25.1 Å². The summed E-state index contributed by atoms with van der Waals surface area (Å²) in [5.41, 5.74) is 0.699. The van der Waals surface area contributed by atoms with Crippen molar-refractivity contribution in [2.24, 2.45) is 23.7 Å². The number of aliphatic hydroxyl groups excluding tert-OH is 3. The molecule has 2 aliphatic heterocycles. The van der Waals surface area contributed by atoms with Gasteiger partial charge < -0.3 is 44.0 Å². The third kappa shape index (κ3) is 12.0. The van der Waals surface area contributed by atoms with Gasteiger partial charge in [-0.3, -0.25) is 25.0 Å². The zero-order valence-corrected chi connectivity index (χ0v) is 31.2. The number of ketones is 1. The molecule has 0 saturated carbocycles. The number of rotatable bonds is 9. The Balaban J connectivity index is 1.88. The Bertz CT molecular complexity index is 1480. The van der Waals surface area contributed by atoms with Crippen molar-refractivity contribution in [3.63, 3.8) is 0 Å². The van der Waals surface area contributed by atoms with Gasteiger partial charge in [0.2, 0.25) is 0 Å². The van der Waals surface area contributed by atoms with E-state index in [1.54, 1.807) is 65.8 Å². The number of carbonyl (C=O) groups is 4.